The number of nitrogens with one attached hydrogen (secondary N) is 1. The molecule has 1 saturated heterocycles. The largest absolute Gasteiger partial charge is 0.339 e. The third kappa shape index (κ3) is 2.59. The third-order valence-electron chi connectivity index (χ3n) is 4.66. The zero-order chi connectivity index (χ0) is 13.2. The highest BCUT2D eigenvalue weighted by atomic mass is 15.3. The van der Waals surface area contributed by atoms with Crippen molar-refractivity contribution in [3.05, 3.63) is 17.5 Å². The number of hydrogen-bond donors (Lipinski definition) is 1. The molecule has 1 aromatic rings. The highest BCUT2D eigenvalue weighted by Gasteiger charge is 2.25. The SMILES string of the molecule is CC1CCc2cnc(N3CCCNCC3)nc2C1C. The van der Waals surface area contributed by atoms with Crippen molar-refractivity contribution >= 4 is 5.95 Å². The Kier molecular flexibility index (Phi) is 3.69. The van der Waals surface area contributed by atoms with E-state index in [-0.39, 0.29) is 0 Å². The molecule has 1 N–H and O–H groups in total. The highest BCUT2D eigenvalue weighted by molar-refractivity contribution is 5.36. The second-order valence-corrected chi connectivity index (χ2v) is 5.98. The Hall–Kier alpha value is -1.16. The highest BCUT2D eigenvalue weighted by Crippen LogP contribution is 2.34. The van der Waals surface area contributed by atoms with Crippen LogP contribution in [0, 0.1) is 5.92 Å². The van der Waals surface area contributed by atoms with Crippen molar-refractivity contribution in [3.8, 4) is 0 Å². The summed E-state index contributed by atoms with van der Waals surface area (Å²) >= 11 is 0. The van der Waals surface area contributed by atoms with E-state index >= 15 is 0 Å². The van der Waals surface area contributed by atoms with Crippen molar-refractivity contribution < 1.29 is 0 Å². The molecular formula is C15H24N4. The Morgan fingerprint density at radius 2 is 2.16 bits per heavy atom. The van der Waals surface area contributed by atoms with E-state index in [1.165, 1.54) is 24.1 Å². The lowest BCUT2D eigenvalue weighted by Crippen LogP contribution is -2.30. The lowest BCUT2D eigenvalue weighted by Gasteiger charge is -2.29. The lowest BCUT2D eigenvalue weighted by atomic mass is 9.80. The molecule has 1 aliphatic heterocycles. The molecule has 2 heterocycles. The number of fused-ring (bicyclic) bond motifs is 1. The first-order valence-electron chi connectivity index (χ1n) is 7.57. The monoisotopic (exact) mass is 260 g/mol. The molecule has 19 heavy (non-hydrogen) atoms. The van der Waals surface area contributed by atoms with Crippen LogP contribution < -0.4 is 10.2 Å². The van der Waals surface area contributed by atoms with Gasteiger partial charge >= 0.3 is 0 Å². The molecule has 1 aliphatic carbocycles. The maximum Gasteiger partial charge on any atom is 0.225 e. The summed E-state index contributed by atoms with van der Waals surface area (Å²) in [5, 5.41) is 3.43. The van der Waals surface area contributed by atoms with Crippen LogP contribution in [0.3, 0.4) is 0 Å². The van der Waals surface area contributed by atoms with Crippen LogP contribution in [0.4, 0.5) is 5.95 Å². The molecule has 1 fully saturated rings. The van der Waals surface area contributed by atoms with Gasteiger partial charge in [0.15, 0.2) is 0 Å². The van der Waals surface area contributed by atoms with Crippen molar-refractivity contribution in [3.63, 3.8) is 0 Å². The summed E-state index contributed by atoms with van der Waals surface area (Å²) in [6, 6.07) is 0. The van der Waals surface area contributed by atoms with E-state index < -0.39 is 0 Å². The molecule has 0 bridgehead atoms. The van der Waals surface area contributed by atoms with Crippen molar-refractivity contribution in [2.75, 3.05) is 31.1 Å². The topological polar surface area (TPSA) is 41.1 Å². The quantitative estimate of drug-likeness (QED) is 0.838. The van der Waals surface area contributed by atoms with E-state index in [1.807, 2.05) is 0 Å². The lowest BCUT2D eigenvalue weighted by molar-refractivity contribution is 0.415. The molecule has 0 aromatic carbocycles. The van der Waals surface area contributed by atoms with Gasteiger partial charge in [0.05, 0.1) is 5.69 Å². The summed E-state index contributed by atoms with van der Waals surface area (Å²) in [6.45, 7) is 8.87. The zero-order valence-electron chi connectivity index (χ0n) is 12.0. The first-order valence-corrected chi connectivity index (χ1v) is 7.57. The van der Waals surface area contributed by atoms with E-state index in [0.717, 1.165) is 44.5 Å². The standard InChI is InChI=1S/C15H24N4/c1-11-4-5-13-10-17-15(18-14(13)12(11)2)19-8-3-6-16-7-9-19/h10-12,16H,3-9H2,1-2H3. The first-order chi connectivity index (χ1) is 9.25. The van der Waals surface area contributed by atoms with Crippen LogP contribution in [0.25, 0.3) is 0 Å². The molecule has 4 nitrogen and oxygen atoms in total. The minimum Gasteiger partial charge on any atom is -0.339 e. The fourth-order valence-corrected chi connectivity index (χ4v) is 3.10. The summed E-state index contributed by atoms with van der Waals surface area (Å²) in [4.78, 5) is 11.8. The zero-order valence-corrected chi connectivity index (χ0v) is 12.0. The molecule has 3 rings (SSSR count). The Labute approximate surface area is 115 Å². The normalized spacial score (nSPS) is 27.8. The molecule has 0 spiro atoms. The van der Waals surface area contributed by atoms with Gasteiger partial charge < -0.3 is 10.2 Å². The van der Waals surface area contributed by atoms with Gasteiger partial charge in [0, 0.05) is 31.7 Å². The van der Waals surface area contributed by atoms with Gasteiger partial charge in [0.2, 0.25) is 5.95 Å². The van der Waals surface area contributed by atoms with Gasteiger partial charge in [-0.3, -0.25) is 0 Å². The molecule has 0 amide bonds. The van der Waals surface area contributed by atoms with Crippen LogP contribution >= 0.6 is 0 Å². The molecule has 0 radical (unpaired) electrons. The van der Waals surface area contributed by atoms with E-state index in [4.69, 9.17) is 4.98 Å². The molecule has 1 aromatic heterocycles. The Morgan fingerprint density at radius 3 is 3.05 bits per heavy atom. The number of aryl methyl sites for hydroxylation is 1. The van der Waals surface area contributed by atoms with Crippen molar-refractivity contribution in [2.45, 2.75) is 39.0 Å². The second kappa shape index (κ2) is 5.45. The first kappa shape index (κ1) is 12.9. The van der Waals surface area contributed by atoms with Crippen LogP contribution in [-0.2, 0) is 6.42 Å². The van der Waals surface area contributed by atoms with Crippen LogP contribution in [0.2, 0.25) is 0 Å². The smallest absolute Gasteiger partial charge is 0.225 e. The maximum atomic E-state index is 4.90. The van der Waals surface area contributed by atoms with Gasteiger partial charge in [0.1, 0.15) is 0 Å². The number of nitrogens with zero attached hydrogens (tertiary/aromatic N) is 3. The minimum absolute atomic E-state index is 0.565. The van der Waals surface area contributed by atoms with Gasteiger partial charge in [-0.25, -0.2) is 9.97 Å². The summed E-state index contributed by atoms with van der Waals surface area (Å²) < 4.78 is 0. The number of anilines is 1. The molecular weight excluding hydrogens is 236 g/mol. The van der Waals surface area contributed by atoms with E-state index in [0.29, 0.717) is 5.92 Å². The predicted octanol–water partition coefficient (Wildman–Crippen LogP) is 1.96. The molecule has 4 heteroatoms. The van der Waals surface area contributed by atoms with Gasteiger partial charge in [-0.1, -0.05) is 13.8 Å². The Balaban J connectivity index is 1.87. The fourth-order valence-electron chi connectivity index (χ4n) is 3.10. The second-order valence-electron chi connectivity index (χ2n) is 5.98. The molecule has 104 valence electrons. The van der Waals surface area contributed by atoms with Crippen molar-refractivity contribution in [1.82, 2.24) is 15.3 Å². The van der Waals surface area contributed by atoms with Gasteiger partial charge in [-0.15, -0.1) is 0 Å². The van der Waals surface area contributed by atoms with Gasteiger partial charge in [-0.05, 0) is 37.3 Å². The van der Waals surface area contributed by atoms with E-state index in [1.54, 1.807) is 0 Å². The number of aromatic nitrogens is 2. The number of hydrogen-bond acceptors (Lipinski definition) is 4. The van der Waals surface area contributed by atoms with Crippen LogP contribution in [0.1, 0.15) is 43.9 Å². The minimum atomic E-state index is 0.565. The summed E-state index contributed by atoms with van der Waals surface area (Å²) in [7, 11) is 0. The van der Waals surface area contributed by atoms with Crippen molar-refractivity contribution in [1.29, 1.82) is 0 Å². The fraction of sp³-hybridized carbons (Fsp3) is 0.733. The van der Waals surface area contributed by atoms with E-state index in [2.05, 4.69) is 35.2 Å². The Morgan fingerprint density at radius 1 is 1.26 bits per heavy atom. The van der Waals surface area contributed by atoms with E-state index in [9.17, 15) is 0 Å². The van der Waals surface area contributed by atoms with Crippen molar-refractivity contribution in [2.24, 2.45) is 5.92 Å². The average Bonchev–Trinajstić information content (AvgIpc) is 2.72. The average molecular weight is 260 g/mol. The summed E-state index contributed by atoms with van der Waals surface area (Å²) in [6.07, 6.45) is 5.65. The van der Waals surface area contributed by atoms with Crippen LogP contribution in [0.15, 0.2) is 6.20 Å². The molecule has 2 unspecified atom stereocenters. The maximum absolute atomic E-state index is 4.90. The molecule has 0 saturated carbocycles. The number of rotatable bonds is 1. The summed E-state index contributed by atoms with van der Waals surface area (Å²) in [5.41, 5.74) is 2.66. The van der Waals surface area contributed by atoms with Crippen LogP contribution in [-0.4, -0.2) is 36.1 Å². The predicted molar refractivity (Wildman–Crippen MR) is 77.6 cm³/mol. The van der Waals surface area contributed by atoms with Crippen LogP contribution in [0.5, 0.6) is 0 Å². The Bertz CT molecular complexity index is 438. The van der Waals surface area contributed by atoms with Gasteiger partial charge in [-0.2, -0.15) is 0 Å². The molecule has 2 atom stereocenters. The van der Waals surface area contributed by atoms with Gasteiger partial charge in [0.25, 0.3) is 0 Å². The third-order valence-corrected chi connectivity index (χ3v) is 4.66. The molecule has 2 aliphatic rings. The summed E-state index contributed by atoms with van der Waals surface area (Å²) in [5.74, 6) is 2.24.